The number of rotatable bonds is 8. The molecule has 1 aliphatic rings. The number of ether oxygens (including phenoxy) is 2. The lowest BCUT2D eigenvalue weighted by molar-refractivity contribution is -0.117. The summed E-state index contributed by atoms with van der Waals surface area (Å²) >= 11 is 0. The van der Waals surface area contributed by atoms with Gasteiger partial charge in [-0.2, -0.15) is 0 Å². The predicted octanol–water partition coefficient (Wildman–Crippen LogP) is 1.16. The monoisotopic (exact) mass is 539 g/mol. The van der Waals surface area contributed by atoms with E-state index in [9.17, 15) is 9.59 Å². The van der Waals surface area contributed by atoms with Crippen LogP contribution in [0.3, 0.4) is 0 Å². The summed E-state index contributed by atoms with van der Waals surface area (Å²) in [7, 11) is 1.71. The van der Waals surface area contributed by atoms with Crippen molar-refractivity contribution in [1.29, 1.82) is 0 Å². The molecular weight excluding hydrogens is 513 g/mol. The molecule has 0 unspecified atom stereocenters. The van der Waals surface area contributed by atoms with Crippen molar-refractivity contribution < 1.29 is 19.1 Å². The molecule has 5 N–H and O–H groups in total. The number of nitrogens with two attached hydrogens (primary N) is 1. The van der Waals surface area contributed by atoms with Crippen LogP contribution in [-0.2, 0) is 17.8 Å². The second-order valence-corrected chi connectivity index (χ2v) is 6.64. The lowest BCUT2D eigenvalue weighted by atomic mass is 10.1. The maximum atomic E-state index is 11.9. The molecule has 31 heavy (non-hydrogen) atoms. The molecule has 3 rings (SSSR count). The lowest BCUT2D eigenvalue weighted by Gasteiger charge is -2.12. The van der Waals surface area contributed by atoms with Crippen LogP contribution in [0.5, 0.6) is 11.5 Å². The fraction of sp³-hybridized carbons (Fsp3) is 0.286. The number of nitrogens with zero attached hydrogens (tertiary/aromatic N) is 1. The maximum absolute atomic E-state index is 11.9. The Morgan fingerprint density at radius 1 is 1.00 bits per heavy atom. The van der Waals surface area contributed by atoms with E-state index in [-0.39, 0.29) is 43.2 Å². The molecule has 166 valence electrons. The third-order valence-electron chi connectivity index (χ3n) is 4.47. The zero-order valence-corrected chi connectivity index (χ0v) is 19.5. The molecule has 2 aromatic rings. The second-order valence-electron chi connectivity index (χ2n) is 6.64. The molecule has 0 atom stereocenters. The zero-order valence-electron chi connectivity index (χ0n) is 17.1. The average molecular weight is 539 g/mol. The van der Waals surface area contributed by atoms with Crippen LogP contribution >= 0.6 is 24.0 Å². The summed E-state index contributed by atoms with van der Waals surface area (Å²) in [4.78, 5) is 26.9. The van der Waals surface area contributed by atoms with Gasteiger partial charge in [0.05, 0.1) is 6.54 Å². The van der Waals surface area contributed by atoms with Crippen LogP contribution in [-0.4, -0.2) is 44.7 Å². The number of fused-ring (bicyclic) bond motifs is 1. The molecule has 0 spiro atoms. The topological polar surface area (TPSA) is 127 Å². The molecule has 10 heteroatoms. The van der Waals surface area contributed by atoms with Crippen LogP contribution in [0, 0.1) is 0 Å². The van der Waals surface area contributed by atoms with Gasteiger partial charge in [0.25, 0.3) is 5.91 Å². The first-order valence-corrected chi connectivity index (χ1v) is 9.53. The molecule has 0 fully saturated rings. The number of nitrogens with one attached hydrogen (secondary N) is 3. The van der Waals surface area contributed by atoms with E-state index in [0.717, 1.165) is 29.0 Å². The number of carbonyl (C=O) groups is 2. The van der Waals surface area contributed by atoms with E-state index in [1.54, 1.807) is 19.2 Å². The van der Waals surface area contributed by atoms with Gasteiger partial charge in [-0.05, 0) is 41.8 Å². The number of hydrogen-bond donors (Lipinski definition) is 4. The number of amides is 2. The molecule has 0 saturated heterocycles. The molecule has 0 saturated carbocycles. The number of halogens is 1. The second kappa shape index (κ2) is 12.0. The predicted molar refractivity (Wildman–Crippen MR) is 128 cm³/mol. The standard InChI is InChI=1S/C21H25N5O4.HI/c1-23-21(24-9-8-14-4-7-17-18(10-14)30-13-29-17)26-11-15-2-5-16(6-3-15)20(28)25-12-19(22)27;/h2-7,10H,8-9,11-13H2,1H3,(H2,22,27)(H,25,28)(H2,23,24,26);1H. The zero-order chi connectivity index (χ0) is 21.3. The van der Waals surface area contributed by atoms with Crippen molar-refractivity contribution in [3.8, 4) is 11.5 Å². The normalized spacial score (nSPS) is 12.0. The van der Waals surface area contributed by atoms with Gasteiger partial charge in [0.2, 0.25) is 12.7 Å². The Morgan fingerprint density at radius 3 is 2.42 bits per heavy atom. The van der Waals surface area contributed by atoms with E-state index < -0.39 is 5.91 Å². The van der Waals surface area contributed by atoms with E-state index in [1.807, 2.05) is 30.3 Å². The van der Waals surface area contributed by atoms with Gasteiger partial charge in [0, 0.05) is 25.7 Å². The van der Waals surface area contributed by atoms with Crippen LogP contribution in [0.2, 0.25) is 0 Å². The lowest BCUT2D eigenvalue weighted by Crippen LogP contribution is -2.37. The summed E-state index contributed by atoms with van der Waals surface area (Å²) in [6.45, 7) is 1.34. The van der Waals surface area contributed by atoms with Gasteiger partial charge in [-0.25, -0.2) is 0 Å². The highest BCUT2D eigenvalue weighted by Crippen LogP contribution is 2.32. The van der Waals surface area contributed by atoms with E-state index in [0.29, 0.717) is 24.6 Å². The van der Waals surface area contributed by atoms with Gasteiger partial charge >= 0.3 is 0 Å². The summed E-state index contributed by atoms with van der Waals surface area (Å²) in [5, 5.41) is 8.96. The highest BCUT2D eigenvalue weighted by atomic mass is 127. The first-order valence-electron chi connectivity index (χ1n) is 9.53. The van der Waals surface area contributed by atoms with Crippen molar-refractivity contribution in [2.75, 3.05) is 26.9 Å². The van der Waals surface area contributed by atoms with Crippen LogP contribution in [0.25, 0.3) is 0 Å². The minimum atomic E-state index is -0.582. The number of aliphatic imine (C=N–C) groups is 1. The van der Waals surface area contributed by atoms with E-state index in [4.69, 9.17) is 15.2 Å². The first kappa shape index (κ1) is 24.3. The quantitative estimate of drug-likeness (QED) is 0.227. The summed E-state index contributed by atoms with van der Waals surface area (Å²) < 4.78 is 10.7. The number of carbonyl (C=O) groups excluding carboxylic acids is 2. The Morgan fingerprint density at radius 2 is 1.71 bits per heavy atom. The van der Waals surface area contributed by atoms with E-state index in [1.165, 1.54) is 0 Å². The van der Waals surface area contributed by atoms with E-state index >= 15 is 0 Å². The van der Waals surface area contributed by atoms with Crippen molar-refractivity contribution in [2.24, 2.45) is 10.7 Å². The number of guanidine groups is 1. The van der Waals surface area contributed by atoms with Crippen molar-refractivity contribution in [2.45, 2.75) is 13.0 Å². The molecular formula is C21H26IN5O4. The molecule has 2 amide bonds. The van der Waals surface area contributed by atoms with Crippen LogP contribution in [0.4, 0.5) is 0 Å². The Hall–Kier alpha value is -3.02. The molecule has 0 aliphatic carbocycles. The molecule has 0 aromatic heterocycles. The molecule has 2 aromatic carbocycles. The molecule has 0 bridgehead atoms. The molecule has 1 aliphatic heterocycles. The molecule has 1 heterocycles. The highest BCUT2D eigenvalue weighted by molar-refractivity contribution is 14.0. The number of benzene rings is 2. The largest absolute Gasteiger partial charge is 0.454 e. The SMILES string of the molecule is CN=C(NCCc1ccc2c(c1)OCO2)NCc1ccc(C(=O)NCC(N)=O)cc1.I. The van der Waals surface area contributed by atoms with Gasteiger partial charge < -0.3 is 31.2 Å². The summed E-state index contributed by atoms with van der Waals surface area (Å²) in [5.74, 6) is 1.32. The maximum Gasteiger partial charge on any atom is 0.251 e. The number of primary amides is 1. The van der Waals surface area contributed by atoms with Crippen molar-refractivity contribution in [3.05, 3.63) is 59.2 Å². The third kappa shape index (κ3) is 7.31. The summed E-state index contributed by atoms with van der Waals surface area (Å²) in [6, 6.07) is 13.0. The first-order chi connectivity index (χ1) is 14.5. The number of hydrogen-bond acceptors (Lipinski definition) is 5. The summed E-state index contributed by atoms with van der Waals surface area (Å²) in [6.07, 6.45) is 0.812. The van der Waals surface area contributed by atoms with Gasteiger partial charge in [0.15, 0.2) is 17.5 Å². The van der Waals surface area contributed by atoms with Crippen LogP contribution < -0.4 is 31.2 Å². The Balaban J connectivity index is 0.00000341. The minimum Gasteiger partial charge on any atom is -0.454 e. The van der Waals surface area contributed by atoms with Crippen molar-refractivity contribution >= 4 is 41.8 Å². The fourth-order valence-electron chi connectivity index (χ4n) is 2.87. The average Bonchev–Trinajstić information content (AvgIpc) is 3.22. The molecule has 9 nitrogen and oxygen atoms in total. The van der Waals surface area contributed by atoms with Crippen LogP contribution in [0.1, 0.15) is 21.5 Å². The molecule has 0 radical (unpaired) electrons. The Labute approximate surface area is 197 Å². The van der Waals surface area contributed by atoms with Gasteiger partial charge in [-0.1, -0.05) is 18.2 Å². The van der Waals surface area contributed by atoms with Crippen LogP contribution in [0.15, 0.2) is 47.5 Å². The van der Waals surface area contributed by atoms with Gasteiger partial charge in [-0.3, -0.25) is 14.6 Å². The Kier molecular flexibility index (Phi) is 9.38. The van der Waals surface area contributed by atoms with Crippen molar-refractivity contribution in [3.63, 3.8) is 0 Å². The van der Waals surface area contributed by atoms with Crippen molar-refractivity contribution in [1.82, 2.24) is 16.0 Å². The minimum absolute atomic E-state index is 0. The Bertz CT molecular complexity index is 934. The fourth-order valence-corrected chi connectivity index (χ4v) is 2.87. The van der Waals surface area contributed by atoms with Gasteiger partial charge in [-0.15, -0.1) is 24.0 Å². The third-order valence-corrected chi connectivity index (χ3v) is 4.47. The highest BCUT2D eigenvalue weighted by Gasteiger charge is 2.13. The van der Waals surface area contributed by atoms with E-state index in [2.05, 4.69) is 20.9 Å². The van der Waals surface area contributed by atoms with Gasteiger partial charge in [0.1, 0.15) is 0 Å². The smallest absolute Gasteiger partial charge is 0.251 e. The summed E-state index contributed by atoms with van der Waals surface area (Å²) in [5.41, 5.74) is 7.62.